The van der Waals surface area contributed by atoms with Crippen molar-refractivity contribution in [3.63, 3.8) is 0 Å². The number of hydrogen-bond donors (Lipinski definition) is 0. The minimum Gasteiger partial charge on any atom is -0.217 e. The zero-order valence-corrected chi connectivity index (χ0v) is 9.32. The molecule has 0 atom stereocenters. The van der Waals surface area contributed by atoms with Crippen LogP contribution in [0.2, 0.25) is 0 Å². The summed E-state index contributed by atoms with van der Waals surface area (Å²) in [5.74, 6) is 0. The Hall–Kier alpha value is -1.06. The number of halogens is 14. The highest BCUT2D eigenvalue weighted by Crippen LogP contribution is 2.54. The Morgan fingerprint density at radius 1 is 0.538 bits per heavy atom. The van der Waals surface area contributed by atoms with E-state index in [4.69, 9.17) is 0 Å². The third-order valence-corrected chi connectivity index (χ3v) is 1.39. The van der Waals surface area contributed by atoms with E-state index in [2.05, 4.69) is 9.78 Å². The van der Waals surface area contributed by atoms with Gasteiger partial charge in [-0.25, -0.2) is 8.78 Å². The van der Waals surface area contributed by atoms with E-state index in [1.807, 2.05) is 0 Å². The molecule has 0 rings (SSSR count). The van der Waals surface area contributed by atoms with E-state index in [-0.39, 0.29) is 29.7 Å². The summed E-state index contributed by atoms with van der Waals surface area (Å²) in [4.78, 5) is 4.75. The minimum atomic E-state index is -7.05. The average Bonchev–Trinajstić information content (AvgIpc) is 2.19. The Bertz CT molecular complexity index is 312. The summed E-state index contributed by atoms with van der Waals surface area (Å²) < 4.78 is 157. The molecule has 2 nitrogen and oxygen atoms in total. The molecule has 0 amide bonds. The quantitative estimate of drug-likeness (QED) is 0.262. The fourth-order valence-corrected chi connectivity index (χ4v) is 0.644. The highest BCUT2D eigenvalue weighted by atomic mass is 19.5. The lowest BCUT2D eigenvalue weighted by Gasteiger charge is -2.34. The first kappa shape index (κ1) is 39.8. The molecule has 0 aliphatic heterocycles. The Labute approximate surface area is 140 Å². The minimum absolute atomic E-state index is 0. The van der Waals surface area contributed by atoms with Gasteiger partial charge < -0.3 is 0 Å². The summed E-state index contributed by atoms with van der Waals surface area (Å²) in [6.07, 6.45) is -26.1. The molecule has 26 heavy (non-hydrogen) atoms. The van der Waals surface area contributed by atoms with E-state index >= 15 is 0 Å². The predicted octanol–water partition coefficient (Wildman–Crippen LogP) is 7.31. The summed E-state index contributed by atoms with van der Waals surface area (Å²) in [5, 5.41) is 0. The molecule has 0 spiro atoms. The Morgan fingerprint density at radius 2 is 0.769 bits per heavy atom. The van der Waals surface area contributed by atoms with E-state index < -0.39 is 37.4 Å². The van der Waals surface area contributed by atoms with Gasteiger partial charge in [0, 0.05) is 0 Å². The SMILES string of the molecule is C.C.C.C.FC(F)(F)F.FCOOC(F)(F)C(F)(C(F)(F)F)C(F)(F)F. The van der Waals surface area contributed by atoms with Crippen LogP contribution in [0.15, 0.2) is 0 Å². The first-order valence-corrected chi connectivity index (χ1v) is 4.13. The second-order valence-corrected chi connectivity index (χ2v) is 2.91. The van der Waals surface area contributed by atoms with Crippen molar-refractivity contribution in [3.05, 3.63) is 0 Å². The van der Waals surface area contributed by atoms with Crippen LogP contribution in [0, 0.1) is 0 Å². The van der Waals surface area contributed by atoms with E-state index in [0.717, 1.165) is 0 Å². The molecule has 0 aromatic carbocycles. The molecule has 168 valence electrons. The molecule has 0 saturated carbocycles. The first-order chi connectivity index (χ1) is 9.31. The normalized spacial score (nSPS) is 12.2. The Morgan fingerprint density at radius 3 is 0.923 bits per heavy atom. The zero-order valence-electron chi connectivity index (χ0n) is 9.32. The van der Waals surface area contributed by atoms with Crippen LogP contribution in [0.3, 0.4) is 0 Å². The molecule has 0 aliphatic rings. The fraction of sp³-hybridized carbons (Fsp3) is 1.00. The molecule has 0 N–H and O–H groups in total. The van der Waals surface area contributed by atoms with Crippen LogP contribution in [0.4, 0.5) is 61.5 Å². The molecule has 0 aliphatic carbocycles. The molecular weight excluding hydrogens is 418 g/mol. The van der Waals surface area contributed by atoms with Crippen molar-refractivity contribution in [2.24, 2.45) is 0 Å². The van der Waals surface area contributed by atoms with Gasteiger partial charge in [0.1, 0.15) is 0 Å². The van der Waals surface area contributed by atoms with Gasteiger partial charge in [-0.05, 0) is 0 Å². The van der Waals surface area contributed by atoms with Gasteiger partial charge >= 0.3 is 30.6 Å². The topological polar surface area (TPSA) is 18.5 Å². The van der Waals surface area contributed by atoms with Crippen molar-refractivity contribution in [1.82, 2.24) is 0 Å². The smallest absolute Gasteiger partial charge is 0.217 e. The van der Waals surface area contributed by atoms with Gasteiger partial charge in [0.05, 0.1) is 0 Å². The Balaban J connectivity index is -0.0000000984. The standard InChI is InChI=1S/C5H2F10O2.CF4.4CH4/c6-1-16-17-5(14,15)2(7,3(8,9)10)4(11,12)13;2-1(3,4)5;;;;/h1H2;;4*1H4. The molecule has 0 unspecified atom stereocenters. The van der Waals surface area contributed by atoms with Gasteiger partial charge in [0.2, 0.25) is 6.86 Å². The van der Waals surface area contributed by atoms with Crippen LogP contribution in [0.25, 0.3) is 0 Å². The van der Waals surface area contributed by atoms with Crippen molar-refractivity contribution in [3.8, 4) is 0 Å². The lowest BCUT2D eigenvalue weighted by atomic mass is 10.0. The second kappa shape index (κ2) is 12.3. The van der Waals surface area contributed by atoms with E-state index in [1.54, 1.807) is 0 Å². The molecule has 0 aromatic rings. The maximum absolute atomic E-state index is 12.6. The summed E-state index contributed by atoms with van der Waals surface area (Å²) in [6.45, 7) is -2.30. The van der Waals surface area contributed by atoms with Gasteiger partial charge in [-0.2, -0.15) is 44.9 Å². The summed E-state index contributed by atoms with van der Waals surface area (Å²) in [6, 6.07) is 0. The fourth-order valence-electron chi connectivity index (χ4n) is 0.644. The summed E-state index contributed by atoms with van der Waals surface area (Å²) in [5.41, 5.74) is -7.03. The number of alkyl halides is 14. The molecular formula is C10H18F14O2. The van der Waals surface area contributed by atoms with Crippen molar-refractivity contribution < 1.29 is 71.2 Å². The third kappa shape index (κ3) is 11.5. The van der Waals surface area contributed by atoms with Crippen molar-refractivity contribution in [2.75, 3.05) is 6.86 Å². The lowest BCUT2D eigenvalue weighted by molar-refractivity contribution is -0.528. The largest absolute Gasteiger partial charge is 0.559 e. The molecule has 0 aromatic heterocycles. The maximum Gasteiger partial charge on any atom is 0.559 e. The van der Waals surface area contributed by atoms with Crippen molar-refractivity contribution >= 4 is 0 Å². The van der Waals surface area contributed by atoms with Crippen LogP contribution >= 0.6 is 0 Å². The van der Waals surface area contributed by atoms with Gasteiger partial charge in [-0.1, -0.05) is 29.7 Å². The van der Waals surface area contributed by atoms with Crippen molar-refractivity contribution in [1.29, 1.82) is 0 Å². The molecule has 16 heteroatoms. The van der Waals surface area contributed by atoms with E-state index in [9.17, 15) is 61.5 Å². The lowest BCUT2D eigenvalue weighted by Crippen LogP contribution is -2.65. The Kier molecular flexibility index (Phi) is 18.9. The number of rotatable bonds is 4. The highest BCUT2D eigenvalue weighted by molar-refractivity contribution is 5.01. The molecule has 0 bridgehead atoms. The summed E-state index contributed by atoms with van der Waals surface area (Å²) in [7, 11) is 0. The third-order valence-electron chi connectivity index (χ3n) is 1.39. The van der Waals surface area contributed by atoms with Gasteiger partial charge in [0.15, 0.2) is 0 Å². The van der Waals surface area contributed by atoms with Gasteiger partial charge in [-0.3, -0.25) is 0 Å². The zero-order chi connectivity index (χ0) is 18.6. The second-order valence-electron chi connectivity index (χ2n) is 2.91. The van der Waals surface area contributed by atoms with Crippen LogP contribution in [-0.2, 0) is 9.78 Å². The van der Waals surface area contributed by atoms with Gasteiger partial charge in [0.25, 0.3) is 0 Å². The first-order valence-electron chi connectivity index (χ1n) is 4.13. The average molecular weight is 436 g/mol. The molecule has 0 fully saturated rings. The van der Waals surface area contributed by atoms with Gasteiger partial charge in [-0.15, -0.1) is 17.6 Å². The maximum atomic E-state index is 12.6. The summed E-state index contributed by atoms with van der Waals surface area (Å²) >= 11 is 0. The highest BCUT2D eigenvalue weighted by Gasteiger charge is 2.86. The monoisotopic (exact) mass is 436 g/mol. The number of hydrogen-bond acceptors (Lipinski definition) is 2. The van der Waals surface area contributed by atoms with Crippen LogP contribution in [0.1, 0.15) is 29.7 Å². The van der Waals surface area contributed by atoms with Crippen molar-refractivity contribution in [2.45, 2.75) is 60.3 Å². The molecule has 0 saturated heterocycles. The van der Waals surface area contributed by atoms with E-state index in [1.165, 1.54) is 0 Å². The molecule has 0 heterocycles. The van der Waals surface area contributed by atoms with Crippen LogP contribution < -0.4 is 0 Å². The van der Waals surface area contributed by atoms with Crippen LogP contribution in [-0.4, -0.2) is 37.4 Å². The predicted molar refractivity (Wildman–Crippen MR) is 63.1 cm³/mol. The van der Waals surface area contributed by atoms with Crippen LogP contribution in [0.5, 0.6) is 0 Å². The van der Waals surface area contributed by atoms with E-state index in [0.29, 0.717) is 0 Å². The molecule has 0 radical (unpaired) electrons.